The van der Waals surface area contributed by atoms with Crippen molar-refractivity contribution in [3.05, 3.63) is 34.4 Å². The average molecular weight is 228 g/mol. The van der Waals surface area contributed by atoms with Gasteiger partial charge in [-0.2, -0.15) is 0 Å². The summed E-state index contributed by atoms with van der Waals surface area (Å²) in [5.41, 5.74) is -2.31. The van der Waals surface area contributed by atoms with Crippen LogP contribution in [0.25, 0.3) is 0 Å². The van der Waals surface area contributed by atoms with E-state index in [-0.39, 0.29) is 5.56 Å². The van der Waals surface area contributed by atoms with Crippen molar-refractivity contribution in [2.45, 2.75) is 62.8 Å². The Morgan fingerprint density at radius 2 is 1.62 bits per heavy atom. The fourth-order valence-corrected chi connectivity index (χ4v) is 2.27. The molecule has 0 amide bonds. The fourth-order valence-electron chi connectivity index (χ4n) is 2.27. The van der Waals surface area contributed by atoms with Crippen LogP contribution < -0.4 is 0 Å². The van der Waals surface area contributed by atoms with E-state index < -0.39 is 79.5 Å². The van der Waals surface area contributed by atoms with Crippen molar-refractivity contribution < 1.29 is 21.9 Å². The lowest BCUT2D eigenvalue weighted by Crippen LogP contribution is -2.24. The Labute approximate surface area is 121 Å². The molecule has 0 radical (unpaired) electrons. The summed E-state index contributed by atoms with van der Waals surface area (Å²) in [7, 11) is 0. The normalized spacial score (nSPS) is 77.0. The van der Waals surface area contributed by atoms with Gasteiger partial charge in [0.1, 0.15) is 0 Å². The highest BCUT2D eigenvalue weighted by Gasteiger charge is 2.34. The Morgan fingerprint density at radius 1 is 0.938 bits per heavy atom. The van der Waals surface area contributed by atoms with Crippen LogP contribution in [0, 0.1) is 0 Å². The van der Waals surface area contributed by atoms with Crippen molar-refractivity contribution in [1.82, 2.24) is 0 Å². The second-order valence-corrected chi connectivity index (χ2v) is 3.88. The first-order valence-electron chi connectivity index (χ1n) is 13.1. The van der Waals surface area contributed by atoms with Crippen LogP contribution in [0.2, 0.25) is 0 Å². The van der Waals surface area contributed by atoms with E-state index in [4.69, 9.17) is 21.9 Å². The second kappa shape index (κ2) is 3.35. The van der Waals surface area contributed by atoms with Crippen molar-refractivity contribution in [2.24, 2.45) is 0 Å². The molecule has 0 fully saturated rings. The second-order valence-electron chi connectivity index (χ2n) is 3.88. The highest BCUT2D eigenvalue weighted by molar-refractivity contribution is 5.49. The molecule has 3 aliphatic rings. The molecule has 0 saturated heterocycles. The molecule has 0 N–H and O–H groups in total. The van der Waals surface area contributed by atoms with Crippen LogP contribution in [0.3, 0.4) is 0 Å². The van der Waals surface area contributed by atoms with Crippen molar-refractivity contribution in [3.8, 4) is 0 Å². The first kappa shape index (κ1) is 2.63. The summed E-state index contributed by atoms with van der Waals surface area (Å²) in [5.74, 6) is -6.74. The number of rotatable bonds is 0. The zero-order valence-corrected chi connectivity index (χ0v) is 8.36. The fraction of sp³-hybridized carbons (Fsp3) is 0.625. The molecule has 2 unspecified atom stereocenters. The predicted octanol–water partition coefficient (Wildman–Crippen LogP) is 4.32. The molecular weight excluding hydrogens is 192 g/mol. The number of hydrogen-bond acceptors (Lipinski definition) is 0. The first-order valence-corrected chi connectivity index (χ1v) is 5.12. The maximum atomic E-state index is 8.94. The summed E-state index contributed by atoms with van der Waals surface area (Å²) in [4.78, 5) is 0. The lowest BCUT2D eigenvalue weighted by Gasteiger charge is -2.40. The van der Waals surface area contributed by atoms with Crippen LogP contribution >= 0.6 is 0 Å². The molecule has 2 atom stereocenters. The molecule has 16 heavy (non-hydrogen) atoms. The van der Waals surface area contributed by atoms with Gasteiger partial charge >= 0.3 is 0 Å². The lowest BCUT2D eigenvalue weighted by atomic mass is 9.65. The highest BCUT2D eigenvalue weighted by atomic mass is 14.4. The third kappa shape index (κ3) is 1.16. The van der Waals surface area contributed by atoms with E-state index in [0.717, 1.165) is 12.1 Å². The molecule has 0 spiro atoms. The van der Waals surface area contributed by atoms with Crippen LogP contribution in [0.5, 0.6) is 0 Å². The van der Waals surface area contributed by atoms with E-state index in [2.05, 4.69) is 0 Å². The predicted molar refractivity (Wildman–Crippen MR) is 67.0 cm³/mol. The zero-order chi connectivity index (χ0) is 24.9. The first-order chi connectivity index (χ1) is 13.9. The molecule has 0 aliphatic heterocycles. The molecule has 3 aliphatic carbocycles. The van der Waals surface area contributed by atoms with Gasteiger partial charge in [-0.3, -0.25) is 0 Å². The Bertz CT molecular complexity index is 1040. The molecule has 1 aromatic rings. The summed E-state index contributed by atoms with van der Waals surface area (Å²) >= 11 is 0. The number of hydrogen-bond donors (Lipinski definition) is 0. The van der Waals surface area contributed by atoms with Crippen molar-refractivity contribution >= 4 is 0 Å². The highest BCUT2D eigenvalue weighted by Crippen LogP contribution is 2.50. The van der Waals surface area contributed by atoms with Crippen molar-refractivity contribution in [1.29, 1.82) is 0 Å². The standard InChI is InChI=1S/C16H20/c1-3-11-7-9-13-5-2-6-14-10-8-12(4-1)15(11)16(13)14/h7,9,12,14H,1-6,8,10H2/i1D2,2D2,3D2,4D2,6D2,8D2,10D2,12D,14D. The SMILES string of the molecule is [2H]C1([2H])Cc2ccc3c4c2C([2H])(C1([2H])[2H])C([2H])([2H])C([2H])([2H])C4([2H])C([2H])([2H])C([2H])([2H])C3([2H])[2H]. The Morgan fingerprint density at radius 3 is 2.50 bits per heavy atom. The van der Waals surface area contributed by atoms with Gasteiger partial charge in [-0.05, 0) is 85.1 Å². The van der Waals surface area contributed by atoms with Crippen molar-refractivity contribution in [3.63, 3.8) is 0 Å². The minimum Gasteiger partial charge on any atom is -0.0585 e. The summed E-state index contributed by atoms with van der Waals surface area (Å²) in [5, 5.41) is 0. The molecule has 0 saturated carbocycles. The molecule has 0 aromatic heterocycles. The maximum absolute atomic E-state index is 8.94. The van der Waals surface area contributed by atoms with Crippen molar-refractivity contribution in [2.75, 3.05) is 0 Å². The van der Waals surface area contributed by atoms with Gasteiger partial charge in [0.05, 0.1) is 0 Å². The Hall–Kier alpha value is -0.780. The molecule has 4 rings (SSSR count). The van der Waals surface area contributed by atoms with E-state index in [1.54, 1.807) is 0 Å². The summed E-state index contributed by atoms with van der Waals surface area (Å²) < 4.78 is 135. The Balaban J connectivity index is 2.36. The lowest BCUT2D eigenvalue weighted by molar-refractivity contribution is 0.401. The number of benzene rings is 1. The van der Waals surface area contributed by atoms with Gasteiger partial charge in [-0.15, -0.1) is 0 Å². The van der Waals surface area contributed by atoms with Gasteiger partial charge < -0.3 is 0 Å². The van der Waals surface area contributed by atoms with E-state index in [1.165, 1.54) is 0 Å². The van der Waals surface area contributed by atoms with Crippen LogP contribution in [0.1, 0.15) is 94.2 Å². The largest absolute Gasteiger partial charge is 0.0585 e. The quantitative estimate of drug-likeness (QED) is 0.620. The third-order valence-corrected chi connectivity index (χ3v) is 2.98. The summed E-state index contributed by atoms with van der Waals surface area (Å²) in [6.07, 6.45) is -24.7. The van der Waals surface area contributed by atoms with E-state index in [9.17, 15) is 0 Å². The molecule has 0 heteroatoms. The molecular formula is C16H20. The average Bonchev–Trinajstić information content (AvgIpc) is 2.62. The van der Waals surface area contributed by atoms with Gasteiger partial charge in [0.15, 0.2) is 0 Å². The topological polar surface area (TPSA) is 0 Å². The third-order valence-electron chi connectivity index (χ3n) is 2.98. The van der Waals surface area contributed by atoms with Crippen LogP contribution in [0.4, 0.5) is 0 Å². The number of aryl methyl sites for hydroxylation is 2. The molecule has 84 valence electrons. The summed E-state index contributed by atoms with van der Waals surface area (Å²) in [6, 6.07) is 2.09. The van der Waals surface area contributed by atoms with Crippen LogP contribution in [-0.2, 0) is 12.8 Å². The van der Waals surface area contributed by atoms with Gasteiger partial charge in [-0.1, -0.05) is 12.1 Å². The molecule has 1 aromatic carbocycles. The molecule has 0 bridgehead atoms. The van der Waals surface area contributed by atoms with E-state index >= 15 is 0 Å². The summed E-state index contributed by atoms with van der Waals surface area (Å²) in [6.45, 7) is 0. The van der Waals surface area contributed by atoms with E-state index in [1.807, 2.05) is 0 Å². The van der Waals surface area contributed by atoms with Crippen LogP contribution in [0.15, 0.2) is 12.1 Å². The minimum atomic E-state index is -3.77. The van der Waals surface area contributed by atoms with Gasteiger partial charge in [0.25, 0.3) is 0 Å². The Kier molecular flexibility index (Phi) is 0.551. The smallest absolute Gasteiger partial charge is 0.0352 e. The zero-order valence-electron chi connectivity index (χ0n) is 24.4. The van der Waals surface area contributed by atoms with Gasteiger partial charge in [-0.25, -0.2) is 0 Å². The van der Waals surface area contributed by atoms with Crippen LogP contribution in [-0.4, -0.2) is 0 Å². The van der Waals surface area contributed by atoms with Gasteiger partial charge in [0.2, 0.25) is 0 Å². The maximum Gasteiger partial charge on any atom is 0.0352 e. The minimum absolute atomic E-state index is 0.163. The molecule has 0 heterocycles. The molecule has 0 nitrogen and oxygen atoms in total. The van der Waals surface area contributed by atoms with Gasteiger partial charge in [0, 0.05) is 21.9 Å². The monoisotopic (exact) mass is 228 g/mol. The van der Waals surface area contributed by atoms with E-state index in [0.29, 0.717) is 0 Å².